The number of nitrogens with one attached hydrogen (secondary N) is 1. The molecular formula is C20H30N4O4. The number of rotatable bonds is 4. The SMILES string of the molecule is CN(C)c1ccc(C(=O)N2CCN(C(=O)CNC(=O)OC(C)(C)C)CC2)cc1. The summed E-state index contributed by atoms with van der Waals surface area (Å²) in [5.41, 5.74) is 1.06. The molecule has 1 fully saturated rings. The van der Waals surface area contributed by atoms with Crippen LogP contribution in [0.2, 0.25) is 0 Å². The molecule has 1 aliphatic rings. The first-order chi connectivity index (χ1) is 13.1. The zero-order chi connectivity index (χ0) is 20.9. The minimum absolute atomic E-state index is 0.0377. The van der Waals surface area contributed by atoms with Crippen LogP contribution in [-0.2, 0) is 9.53 Å². The highest BCUT2D eigenvalue weighted by atomic mass is 16.6. The number of nitrogens with zero attached hydrogens (tertiary/aromatic N) is 3. The minimum Gasteiger partial charge on any atom is -0.444 e. The number of hydrogen-bond donors (Lipinski definition) is 1. The Balaban J connectivity index is 1.80. The maximum absolute atomic E-state index is 12.6. The third-order valence-electron chi connectivity index (χ3n) is 4.33. The number of alkyl carbamates (subject to hydrolysis) is 1. The summed E-state index contributed by atoms with van der Waals surface area (Å²) in [6.07, 6.45) is -0.615. The number of anilines is 1. The van der Waals surface area contributed by atoms with Crippen molar-refractivity contribution in [2.75, 3.05) is 51.7 Å². The molecule has 8 nitrogen and oxygen atoms in total. The molecule has 0 spiro atoms. The van der Waals surface area contributed by atoms with Crippen molar-refractivity contribution in [2.24, 2.45) is 0 Å². The van der Waals surface area contributed by atoms with Crippen molar-refractivity contribution in [1.82, 2.24) is 15.1 Å². The fourth-order valence-corrected chi connectivity index (χ4v) is 2.82. The molecule has 0 atom stereocenters. The van der Waals surface area contributed by atoms with Crippen molar-refractivity contribution < 1.29 is 19.1 Å². The summed E-state index contributed by atoms with van der Waals surface area (Å²) >= 11 is 0. The lowest BCUT2D eigenvalue weighted by Crippen LogP contribution is -2.52. The first kappa shape index (κ1) is 21.5. The minimum atomic E-state index is -0.615. The average molecular weight is 390 g/mol. The van der Waals surface area contributed by atoms with Crippen LogP contribution in [0.3, 0.4) is 0 Å². The van der Waals surface area contributed by atoms with E-state index in [0.29, 0.717) is 31.7 Å². The van der Waals surface area contributed by atoms with Gasteiger partial charge in [0.1, 0.15) is 12.1 Å². The molecule has 2 rings (SSSR count). The van der Waals surface area contributed by atoms with Gasteiger partial charge in [-0.2, -0.15) is 0 Å². The maximum atomic E-state index is 12.6. The summed E-state index contributed by atoms with van der Waals surface area (Å²) in [5, 5.41) is 2.47. The van der Waals surface area contributed by atoms with Crippen molar-refractivity contribution in [1.29, 1.82) is 0 Å². The van der Waals surface area contributed by atoms with E-state index in [1.807, 2.05) is 43.3 Å². The molecule has 1 saturated heterocycles. The molecule has 3 amide bonds. The fraction of sp³-hybridized carbons (Fsp3) is 0.550. The van der Waals surface area contributed by atoms with Gasteiger partial charge in [-0.25, -0.2) is 4.79 Å². The predicted molar refractivity (Wildman–Crippen MR) is 107 cm³/mol. The summed E-state index contributed by atoms with van der Waals surface area (Å²) in [7, 11) is 3.90. The summed E-state index contributed by atoms with van der Waals surface area (Å²) in [6.45, 7) is 6.98. The van der Waals surface area contributed by atoms with Crippen LogP contribution in [0.25, 0.3) is 0 Å². The third-order valence-corrected chi connectivity index (χ3v) is 4.33. The molecule has 8 heteroatoms. The standard InChI is InChI=1S/C20H30N4O4/c1-20(2,3)28-19(27)21-14-17(25)23-10-12-24(13-11-23)18(26)15-6-8-16(9-7-15)22(4)5/h6-9H,10-14H2,1-5H3,(H,21,27). The predicted octanol–water partition coefficient (Wildman–Crippen LogP) is 1.56. The molecule has 0 unspecified atom stereocenters. The molecule has 0 radical (unpaired) electrons. The molecule has 0 aromatic heterocycles. The van der Waals surface area contributed by atoms with E-state index in [-0.39, 0.29) is 18.4 Å². The first-order valence-electron chi connectivity index (χ1n) is 9.38. The quantitative estimate of drug-likeness (QED) is 0.844. The summed E-state index contributed by atoms with van der Waals surface area (Å²) in [5.74, 6) is -0.224. The average Bonchev–Trinajstić information content (AvgIpc) is 2.64. The number of ether oxygens (including phenoxy) is 1. The van der Waals surface area contributed by atoms with Crippen molar-refractivity contribution in [2.45, 2.75) is 26.4 Å². The molecule has 154 valence electrons. The van der Waals surface area contributed by atoms with Crippen LogP contribution >= 0.6 is 0 Å². The molecule has 1 aromatic rings. The van der Waals surface area contributed by atoms with Gasteiger partial charge in [0.15, 0.2) is 0 Å². The molecule has 1 aromatic carbocycles. The van der Waals surface area contributed by atoms with Gasteiger partial charge in [-0.05, 0) is 45.0 Å². The van der Waals surface area contributed by atoms with E-state index < -0.39 is 11.7 Å². The number of hydrogen-bond acceptors (Lipinski definition) is 5. The molecule has 28 heavy (non-hydrogen) atoms. The molecule has 0 aliphatic carbocycles. The van der Waals surface area contributed by atoms with Crippen LogP contribution in [0.1, 0.15) is 31.1 Å². The van der Waals surface area contributed by atoms with Crippen LogP contribution in [0.5, 0.6) is 0 Å². The number of amides is 3. The lowest BCUT2D eigenvalue weighted by molar-refractivity contribution is -0.131. The Labute approximate surface area is 166 Å². The van der Waals surface area contributed by atoms with Crippen LogP contribution in [0, 0.1) is 0 Å². The van der Waals surface area contributed by atoms with Crippen molar-refractivity contribution >= 4 is 23.6 Å². The lowest BCUT2D eigenvalue weighted by atomic mass is 10.1. The Hall–Kier alpha value is -2.77. The van der Waals surface area contributed by atoms with Crippen LogP contribution in [0.15, 0.2) is 24.3 Å². The van der Waals surface area contributed by atoms with Gasteiger partial charge in [-0.1, -0.05) is 0 Å². The second-order valence-electron chi connectivity index (χ2n) is 7.97. The van der Waals surface area contributed by atoms with Gasteiger partial charge in [-0.3, -0.25) is 9.59 Å². The van der Waals surface area contributed by atoms with Crippen molar-refractivity contribution in [3.8, 4) is 0 Å². The molecule has 0 saturated carbocycles. The number of benzene rings is 1. The highest BCUT2D eigenvalue weighted by Gasteiger charge is 2.25. The topological polar surface area (TPSA) is 82.2 Å². The van der Waals surface area contributed by atoms with Gasteiger partial charge in [0.2, 0.25) is 5.91 Å². The van der Waals surface area contributed by atoms with E-state index in [9.17, 15) is 14.4 Å². The monoisotopic (exact) mass is 390 g/mol. The number of piperazine rings is 1. The van der Waals surface area contributed by atoms with E-state index in [4.69, 9.17) is 4.74 Å². The molecule has 1 heterocycles. The van der Waals surface area contributed by atoms with E-state index in [0.717, 1.165) is 5.69 Å². The van der Waals surface area contributed by atoms with Gasteiger partial charge in [0, 0.05) is 51.5 Å². The third kappa shape index (κ3) is 6.14. The van der Waals surface area contributed by atoms with Gasteiger partial charge >= 0.3 is 6.09 Å². The van der Waals surface area contributed by atoms with E-state index in [1.165, 1.54) is 0 Å². The van der Waals surface area contributed by atoms with Gasteiger partial charge in [-0.15, -0.1) is 0 Å². The Morgan fingerprint density at radius 1 is 1.00 bits per heavy atom. The highest BCUT2D eigenvalue weighted by molar-refractivity contribution is 5.94. The van der Waals surface area contributed by atoms with E-state index in [2.05, 4.69) is 5.32 Å². The Morgan fingerprint density at radius 3 is 2.04 bits per heavy atom. The molecule has 0 bridgehead atoms. The first-order valence-corrected chi connectivity index (χ1v) is 9.38. The Bertz CT molecular complexity index is 702. The van der Waals surface area contributed by atoms with E-state index in [1.54, 1.807) is 30.6 Å². The Kier molecular flexibility index (Phi) is 6.88. The van der Waals surface area contributed by atoms with Crippen molar-refractivity contribution in [3.05, 3.63) is 29.8 Å². The second-order valence-corrected chi connectivity index (χ2v) is 7.97. The summed E-state index contributed by atoms with van der Waals surface area (Å²) in [4.78, 5) is 41.9. The highest BCUT2D eigenvalue weighted by Crippen LogP contribution is 2.15. The Morgan fingerprint density at radius 2 is 1.54 bits per heavy atom. The van der Waals surface area contributed by atoms with Crippen LogP contribution in [-0.4, -0.2) is 80.1 Å². The normalized spacial score (nSPS) is 14.5. The molecule has 1 N–H and O–H groups in total. The zero-order valence-electron chi connectivity index (χ0n) is 17.3. The van der Waals surface area contributed by atoms with Gasteiger partial charge in [0.25, 0.3) is 5.91 Å². The van der Waals surface area contributed by atoms with E-state index >= 15 is 0 Å². The second kappa shape index (κ2) is 8.95. The van der Waals surface area contributed by atoms with Crippen LogP contribution < -0.4 is 10.2 Å². The largest absolute Gasteiger partial charge is 0.444 e. The smallest absolute Gasteiger partial charge is 0.408 e. The zero-order valence-corrected chi connectivity index (χ0v) is 17.3. The van der Waals surface area contributed by atoms with Crippen LogP contribution in [0.4, 0.5) is 10.5 Å². The van der Waals surface area contributed by atoms with Gasteiger partial charge < -0.3 is 24.8 Å². The fourth-order valence-electron chi connectivity index (χ4n) is 2.82. The molecular weight excluding hydrogens is 360 g/mol. The lowest BCUT2D eigenvalue weighted by Gasteiger charge is -2.35. The van der Waals surface area contributed by atoms with Crippen molar-refractivity contribution in [3.63, 3.8) is 0 Å². The maximum Gasteiger partial charge on any atom is 0.408 e. The van der Waals surface area contributed by atoms with Gasteiger partial charge in [0.05, 0.1) is 0 Å². The number of carbonyl (C=O) groups excluding carboxylic acids is 3. The summed E-state index contributed by atoms with van der Waals surface area (Å²) in [6, 6.07) is 7.46. The summed E-state index contributed by atoms with van der Waals surface area (Å²) < 4.78 is 5.12. The molecule has 1 aliphatic heterocycles. The number of carbonyl (C=O) groups is 3.